The highest BCUT2D eigenvalue weighted by atomic mass is 35.5. The van der Waals surface area contributed by atoms with Gasteiger partial charge in [-0.2, -0.15) is 0 Å². The molecule has 0 saturated heterocycles. The fourth-order valence-electron chi connectivity index (χ4n) is 5.24. The largest absolute Gasteiger partial charge is 0.486 e. The summed E-state index contributed by atoms with van der Waals surface area (Å²) in [5.74, 6) is 4.08. The maximum atomic E-state index is 6.89. The molecule has 7 nitrogen and oxygen atoms in total. The smallest absolute Gasteiger partial charge is 0.161 e. The van der Waals surface area contributed by atoms with Gasteiger partial charge in [-0.3, -0.25) is 4.90 Å². The Labute approximate surface area is 240 Å². The number of aromatic nitrogens is 2. The molecular formula is C32H34ClN3O4. The molecule has 0 bridgehead atoms. The van der Waals surface area contributed by atoms with E-state index in [2.05, 4.69) is 52.8 Å². The van der Waals surface area contributed by atoms with Crippen LogP contribution in [0.3, 0.4) is 0 Å². The number of unbranched alkanes of at least 4 members (excludes halogenated alkanes) is 1. The van der Waals surface area contributed by atoms with Crippen molar-refractivity contribution in [2.75, 3.05) is 26.4 Å². The second-order valence-corrected chi connectivity index (χ2v) is 10.5. The van der Waals surface area contributed by atoms with Crippen LogP contribution in [0.15, 0.2) is 66.7 Å². The van der Waals surface area contributed by atoms with Crippen molar-refractivity contribution < 1.29 is 18.9 Å². The molecule has 4 aromatic rings. The predicted molar refractivity (Wildman–Crippen MR) is 155 cm³/mol. The number of ether oxygens (including phenoxy) is 4. The normalized spacial score (nSPS) is 14.0. The van der Waals surface area contributed by atoms with E-state index in [4.69, 9.17) is 35.5 Å². The first-order valence-corrected chi connectivity index (χ1v) is 14.4. The molecule has 3 aromatic carbocycles. The third-order valence-electron chi connectivity index (χ3n) is 7.19. The Kier molecular flexibility index (Phi) is 8.11. The van der Waals surface area contributed by atoms with Gasteiger partial charge in [0.25, 0.3) is 0 Å². The molecule has 0 radical (unpaired) electrons. The lowest BCUT2D eigenvalue weighted by atomic mass is 10.1. The van der Waals surface area contributed by atoms with Crippen LogP contribution in [-0.4, -0.2) is 40.9 Å². The van der Waals surface area contributed by atoms with Gasteiger partial charge in [0, 0.05) is 31.7 Å². The highest BCUT2D eigenvalue weighted by Gasteiger charge is 2.22. The SMILES string of the molecule is CCCCn1c(-c2ccccc2)nc(Cl)c1CN(Cc1ccc2c(c1)OCCO2)Cc1ccc2c(c1)OCCO2. The number of fused-ring (bicyclic) bond motifs is 2. The Morgan fingerprint density at radius 1 is 0.750 bits per heavy atom. The molecule has 0 amide bonds. The zero-order valence-corrected chi connectivity index (χ0v) is 23.5. The topological polar surface area (TPSA) is 58.0 Å². The van der Waals surface area contributed by atoms with Gasteiger partial charge >= 0.3 is 0 Å². The van der Waals surface area contributed by atoms with Crippen molar-refractivity contribution in [2.45, 2.75) is 45.9 Å². The van der Waals surface area contributed by atoms with Crippen LogP contribution in [-0.2, 0) is 26.2 Å². The molecule has 0 saturated carbocycles. The van der Waals surface area contributed by atoms with Crippen LogP contribution in [0.1, 0.15) is 36.6 Å². The first kappa shape index (κ1) is 26.5. The maximum absolute atomic E-state index is 6.89. The van der Waals surface area contributed by atoms with E-state index >= 15 is 0 Å². The van der Waals surface area contributed by atoms with Gasteiger partial charge in [-0.25, -0.2) is 4.98 Å². The van der Waals surface area contributed by atoms with Crippen LogP contribution in [0.5, 0.6) is 23.0 Å². The second-order valence-electron chi connectivity index (χ2n) is 10.1. The lowest BCUT2D eigenvalue weighted by molar-refractivity contribution is 0.170. The number of imidazole rings is 1. The van der Waals surface area contributed by atoms with E-state index in [1.54, 1.807) is 0 Å². The van der Waals surface area contributed by atoms with Gasteiger partial charge in [0.15, 0.2) is 28.2 Å². The van der Waals surface area contributed by atoms with Crippen molar-refractivity contribution in [3.05, 3.63) is 88.7 Å². The van der Waals surface area contributed by atoms with Crippen LogP contribution >= 0.6 is 11.6 Å². The highest BCUT2D eigenvalue weighted by molar-refractivity contribution is 6.30. The minimum Gasteiger partial charge on any atom is -0.486 e. The average Bonchev–Trinajstić information content (AvgIpc) is 3.30. The van der Waals surface area contributed by atoms with Gasteiger partial charge in [-0.1, -0.05) is 67.4 Å². The summed E-state index contributed by atoms with van der Waals surface area (Å²) in [5, 5.41) is 0.546. The van der Waals surface area contributed by atoms with Crippen molar-refractivity contribution >= 4 is 11.6 Å². The van der Waals surface area contributed by atoms with Crippen molar-refractivity contribution in [2.24, 2.45) is 0 Å². The van der Waals surface area contributed by atoms with Crippen LogP contribution in [0, 0.1) is 0 Å². The molecule has 40 heavy (non-hydrogen) atoms. The van der Waals surface area contributed by atoms with E-state index in [-0.39, 0.29) is 0 Å². The predicted octanol–water partition coefficient (Wildman–Crippen LogP) is 6.75. The molecule has 2 aliphatic heterocycles. The number of rotatable bonds is 10. The third-order valence-corrected chi connectivity index (χ3v) is 7.49. The summed E-state index contributed by atoms with van der Waals surface area (Å²) in [7, 11) is 0. The molecule has 0 fully saturated rings. The summed E-state index contributed by atoms with van der Waals surface area (Å²) in [6.07, 6.45) is 2.13. The van der Waals surface area contributed by atoms with E-state index in [0.717, 1.165) is 70.6 Å². The monoisotopic (exact) mass is 559 g/mol. The number of hydrogen-bond donors (Lipinski definition) is 0. The van der Waals surface area contributed by atoms with Crippen molar-refractivity contribution in [1.29, 1.82) is 0 Å². The zero-order chi connectivity index (χ0) is 27.3. The summed E-state index contributed by atoms with van der Waals surface area (Å²) in [5.41, 5.74) is 4.36. The highest BCUT2D eigenvalue weighted by Crippen LogP contribution is 2.34. The molecular weight excluding hydrogens is 526 g/mol. The number of benzene rings is 3. The molecule has 1 aromatic heterocycles. The Morgan fingerprint density at radius 2 is 1.32 bits per heavy atom. The molecule has 0 N–H and O–H groups in total. The Hall–Kier alpha value is -3.68. The van der Waals surface area contributed by atoms with Crippen LogP contribution in [0.4, 0.5) is 0 Å². The molecule has 0 spiro atoms. The summed E-state index contributed by atoms with van der Waals surface area (Å²) in [6, 6.07) is 22.7. The minimum atomic E-state index is 0.546. The van der Waals surface area contributed by atoms with Gasteiger partial charge in [0.05, 0.1) is 5.69 Å². The summed E-state index contributed by atoms with van der Waals surface area (Å²) < 4.78 is 25.5. The maximum Gasteiger partial charge on any atom is 0.161 e. The Balaban J connectivity index is 1.34. The number of nitrogens with zero attached hydrogens (tertiary/aromatic N) is 3. The average molecular weight is 560 g/mol. The standard InChI is InChI=1S/C32H34ClN3O4/c1-2-3-13-36-26(31(33)34-32(36)25-7-5-4-6-8-25)22-35(20-23-9-11-27-29(18-23)39-16-14-37-27)21-24-10-12-28-30(19-24)40-17-15-38-28/h4-12,18-19H,2-3,13-17,20-22H2,1H3. The van der Waals surface area contributed by atoms with E-state index in [1.807, 2.05) is 30.3 Å². The third kappa shape index (κ3) is 5.91. The molecule has 208 valence electrons. The van der Waals surface area contributed by atoms with Gasteiger partial charge < -0.3 is 23.5 Å². The molecule has 2 aliphatic rings. The molecule has 6 rings (SSSR count). The fraction of sp³-hybridized carbons (Fsp3) is 0.344. The minimum absolute atomic E-state index is 0.546. The second kappa shape index (κ2) is 12.2. The quantitative estimate of drug-likeness (QED) is 0.214. The molecule has 0 aliphatic carbocycles. The van der Waals surface area contributed by atoms with E-state index in [9.17, 15) is 0 Å². The molecule has 0 atom stereocenters. The Bertz CT molecular complexity index is 1390. The Morgan fingerprint density at radius 3 is 1.90 bits per heavy atom. The van der Waals surface area contributed by atoms with Crippen LogP contribution in [0.25, 0.3) is 11.4 Å². The van der Waals surface area contributed by atoms with Crippen molar-refractivity contribution in [3.8, 4) is 34.4 Å². The van der Waals surface area contributed by atoms with Crippen molar-refractivity contribution in [3.63, 3.8) is 0 Å². The van der Waals surface area contributed by atoms with E-state index in [1.165, 1.54) is 0 Å². The van der Waals surface area contributed by atoms with Gasteiger partial charge in [0.1, 0.15) is 32.3 Å². The summed E-state index contributed by atoms with van der Waals surface area (Å²) in [6.45, 7) is 7.36. The van der Waals surface area contributed by atoms with E-state index < -0.39 is 0 Å². The van der Waals surface area contributed by atoms with Gasteiger partial charge in [0.2, 0.25) is 0 Å². The lowest BCUT2D eigenvalue weighted by Crippen LogP contribution is -2.25. The van der Waals surface area contributed by atoms with Gasteiger partial charge in [-0.15, -0.1) is 0 Å². The molecule has 0 unspecified atom stereocenters. The fourth-order valence-corrected chi connectivity index (χ4v) is 5.48. The molecule has 3 heterocycles. The summed E-state index contributed by atoms with van der Waals surface area (Å²) in [4.78, 5) is 7.23. The van der Waals surface area contributed by atoms with Crippen LogP contribution in [0.2, 0.25) is 5.15 Å². The summed E-state index contributed by atoms with van der Waals surface area (Å²) >= 11 is 6.89. The first-order valence-electron chi connectivity index (χ1n) is 14.0. The number of hydrogen-bond acceptors (Lipinski definition) is 6. The number of halogens is 1. The van der Waals surface area contributed by atoms with Crippen LogP contribution < -0.4 is 18.9 Å². The first-order chi connectivity index (χ1) is 19.7. The van der Waals surface area contributed by atoms with E-state index in [0.29, 0.717) is 51.2 Å². The zero-order valence-electron chi connectivity index (χ0n) is 22.8. The van der Waals surface area contributed by atoms with Gasteiger partial charge in [-0.05, 0) is 41.8 Å². The molecule has 8 heteroatoms. The lowest BCUT2D eigenvalue weighted by Gasteiger charge is -2.26. The van der Waals surface area contributed by atoms with Crippen molar-refractivity contribution in [1.82, 2.24) is 14.5 Å².